The number of carbonyl (C=O) groups is 1. The minimum absolute atomic E-state index is 0.0336. The van der Waals surface area contributed by atoms with Crippen molar-refractivity contribution in [3.63, 3.8) is 0 Å². The lowest BCUT2D eigenvalue weighted by Crippen LogP contribution is -2.34. The number of halogens is 4. The zero-order valence-electron chi connectivity index (χ0n) is 11.6. The van der Waals surface area contributed by atoms with Gasteiger partial charge < -0.3 is 9.50 Å². The van der Waals surface area contributed by atoms with Crippen LogP contribution in [-0.2, 0) is 21.3 Å². The number of rotatable bonds is 6. The van der Waals surface area contributed by atoms with Crippen molar-refractivity contribution in [3.05, 3.63) is 29.6 Å². The minimum Gasteiger partial charge on any atom is -0.376 e. The summed E-state index contributed by atoms with van der Waals surface area (Å²) in [6.07, 6.45) is -0.0377. The van der Waals surface area contributed by atoms with E-state index in [2.05, 4.69) is 9.50 Å². The normalized spacial score (nSPS) is 13.7. The van der Waals surface area contributed by atoms with E-state index in [1.807, 2.05) is 0 Å². The van der Waals surface area contributed by atoms with Gasteiger partial charge in [-0.3, -0.25) is 4.79 Å². The van der Waals surface area contributed by atoms with Crippen molar-refractivity contribution in [2.75, 3.05) is 7.05 Å². The van der Waals surface area contributed by atoms with Gasteiger partial charge in [-0.25, -0.2) is 4.39 Å². The molecule has 10 heteroatoms. The van der Waals surface area contributed by atoms with Crippen LogP contribution < -0.4 is 9.50 Å². The largest absolute Gasteiger partial charge is 0.534 e. The maximum absolute atomic E-state index is 13.8. The van der Waals surface area contributed by atoms with Crippen LogP contribution in [-0.4, -0.2) is 32.8 Å². The Balaban J connectivity index is 2.98. The third kappa shape index (κ3) is 4.41. The van der Waals surface area contributed by atoms with Crippen LogP contribution in [0.25, 0.3) is 0 Å². The van der Waals surface area contributed by atoms with Gasteiger partial charge in [-0.2, -0.15) is 21.6 Å². The molecule has 1 atom stereocenters. The Bertz CT molecular complexity index is 658. The third-order valence-corrected chi connectivity index (χ3v) is 3.76. The number of benzene rings is 1. The highest BCUT2D eigenvalue weighted by atomic mass is 32.2. The van der Waals surface area contributed by atoms with Gasteiger partial charge in [0.05, 0.1) is 6.04 Å². The Morgan fingerprint density at radius 2 is 1.95 bits per heavy atom. The predicted molar refractivity (Wildman–Crippen MR) is 69.2 cm³/mol. The van der Waals surface area contributed by atoms with Crippen molar-refractivity contribution in [1.29, 1.82) is 0 Å². The molecule has 0 aromatic heterocycles. The summed E-state index contributed by atoms with van der Waals surface area (Å²) >= 11 is 0. The molecule has 0 amide bonds. The molecular weight excluding hydrogens is 330 g/mol. The van der Waals surface area contributed by atoms with Crippen molar-refractivity contribution in [3.8, 4) is 5.75 Å². The first kappa shape index (κ1) is 18.4. The summed E-state index contributed by atoms with van der Waals surface area (Å²) in [5, 5.41) is 2.66. The molecule has 22 heavy (non-hydrogen) atoms. The number of hydrogen-bond donors (Lipinski definition) is 1. The average molecular weight is 343 g/mol. The third-order valence-electron chi connectivity index (χ3n) is 2.78. The van der Waals surface area contributed by atoms with Gasteiger partial charge in [0.15, 0.2) is 0 Å². The quantitative estimate of drug-likeness (QED) is 0.484. The van der Waals surface area contributed by atoms with E-state index in [0.29, 0.717) is 6.07 Å². The second kappa shape index (κ2) is 6.61. The predicted octanol–water partition coefficient (Wildman–Crippen LogP) is 1.77. The molecule has 0 aliphatic carbocycles. The molecule has 0 aliphatic heterocycles. The molecule has 0 saturated carbocycles. The Kier molecular flexibility index (Phi) is 5.52. The first-order chi connectivity index (χ1) is 9.98. The maximum Gasteiger partial charge on any atom is 0.534 e. The number of ketones is 1. The molecule has 5 nitrogen and oxygen atoms in total. The lowest BCUT2D eigenvalue weighted by Gasteiger charge is -2.14. The molecule has 1 aromatic rings. The Hall–Kier alpha value is -1.68. The molecule has 0 spiro atoms. The topological polar surface area (TPSA) is 72.5 Å². The number of hydrogen-bond acceptors (Lipinski definition) is 5. The number of likely N-dealkylation sites (N-methyl/N-ethyl adjacent to an activating group) is 1. The second-order valence-corrected chi connectivity index (χ2v) is 5.93. The highest BCUT2D eigenvalue weighted by molar-refractivity contribution is 7.87. The summed E-state index contributed by atoms with van der Waals surface area (Å²) in [4.78, 5) is 11.2. The van der Waals surface area contributed by atoms with Gasteiger partial charge in [-0.05, 0) is 32.0 Å². The van der Waals surface area contributed by atoms with Crippen LogP contribution >= 0.6 is 0 Å². The summed E-state index contributed by atoms with van der Waals surface area (Å²) in [5.74, 6) is -2.03. The molecule has 1 N–H and O–H groups in total. The number of alkyl halides is 3. The van der Waals surface area contributed by atoms with Gasteiger partial charge in [0, 0.05) is 6.07 Å². The minimum atomic E-state index is -5.85. The molecule has 1 aromatic carbocycles. The van der Waals surface area contributed by atoms with Crippen LogP contribution in [0.5, 0.6) is 5.75 Å². The second-order valence-electron chi connectivity index (χ2n) is 4.39. The van der Waals surface area contributed by atoms with Crippen molar-refractivity contribution in [1.82, 2.24) is 5.32 Å². The summed E-state index contributed by atoms with van der Waals surface area (Å²) in [7, 11) is -4.36. The zero-order valence-corrected chi connectivity index (χ0v) is 12.4. The molecule has 0 bridgehead atoms. The van der Waals surface area contributed by atoms with E-state index < -0.39 is 33.2 Å². The van der Waals surface area contributed by atoms with Crippen LogP contribution in [0.15, 0.2) is 18.2 Å². The number of nitrogens with one attached hydrogen (secondary N) is 1. The molecule has 1 unspecified atom stereocenters. The fourth-order valence-electron chi connectivity index (χ4n) is 1.59. The van der Waals surface area contributed by atoms with Crippen molar-refractivity contribution < 1.29 is 35.0 Å². The average Bonchev–Trinajstić information content (AvgIpc) is 2.35. The maximum atomic E-state index is 13.8. The van der Waals surface area contributed by atoms with E-state index in [-0.39, 0.29) is 17.8 Å². The van der Waals surface area contributed by atoms with Crippen LogP contribution in [0, 0.1) is 5.82 Å². The Morgan fingerprint density at radius 3 is 2.36 bits per heavy atom. The van der Waals surface area contributed by atoms with Crippen molar-refractivity contribution in [2.24, 2.45) is 0 Å². The summed E-state index contributed by atoms with van der Waals surface area (Å²) in [6.45, 7) is 1.30. The molecule has 0 aliphatic rings. The first-order valence-electron chi connectivity index (χ1n) is 5.95. The van der Waals surface area contributed by atoms with E-state index in [1.54, 1.807) is 0 Å². The van der Waals surface area contributed by atoms with Crippen LogP contribution in [0.1, 0.15) is 12.5 Å². The smallest absolute Gasteiger partial charge is 0.376 e. The number of Topliss-reactive ketones (excluding diaryl/α,β-unsaturated/α-hetero) is 1. The Labute approximate surface area is 124 Å². The van der Waals surface area contributed by atoms with Gasteiger partial charge in [0.2, 0.25) is 0 Å². The first-order valence-corrected chi connectivity index (χ1v) is 7.35. The molecule has 0 radical (unpaired) electrons. The highest BCUT2D eigenvalue weighted by Crippen LogP contribution is 2.28. The van der Waals surface area contributed by atoms with Crippen LogP contribution in [0.2, 0.25) is 0 Å². The summed E-state index contributed by atoms with van der Waals surface area (Å²) in [6, 6.07) is 1.80. The van der Waals surface area contributed by atoms with Crippen LogP contribution in [0.4, 0.5) is 17.6 Å². The van der Waals surface area contributed by atoms with Gasteiger partial charge in [-0.15, -0.1) is 0 Å². The van der Waals surface area contributed by atoms with Gasteiger partial charge in [0.1, 0.15) is 17.3 Å². The van der Waals surface area contributed by atoms with Crippen LogP contribution in [0.3, 0.4) is 0 Å². The van der Waals surface area contributed by atoms with Gasteiger partial charge in [-0.1, -0.05) is 6.07 Å². The van der Waals surface area contributed by atoms with E-state index >= 15 is 0 Å². The van der Waals surface area contributed by atoms with E-state index in [0.717, 1.165) is 12.1 Å². The zero-order chi connectivity index (χ0) is 17.1. The van der Waals surface area contributed by atoms with E-state index in [9.17, 15) is 30.8 Å². The van der Waals surface area contributed by atoms with Crippen molar-refractivity contribution in [2.45, 2.75) is 24.9 Å². The lowest BCUT2D eigenvalue weighted by molar-refractivity contribution is -0.118. The summed E-state index contributed by atoms with van der Waals surface area (Å²) < 4.78 is 75.7. The molecular formula is C12H13F4NO4S. The molecule has 1 rings (SSSR count). The van der Waals surface area contributed by atoms with Crippen molar-refractivity contribution >= 4 is 15.9 Å². The van der Waals surface area contributed by atoms with E-state index in [1.165, 1.54) is 14.0 Å². The highest BCUT2D eigenvalue weighted by Gasteiger charge is 2.48. The Morgan fingerprint density at radius 1 is 1.36 bits per heavy atom. The monoisotopic (exact) mass is 343 g/mol. The lowest BCUT2D eigenvalue weighted by atomic mass is 10.0. The molecule has 0 fully saturated rings. The fourth-order valence-corrected chi connectivity index (χ4v) is 2.04. The van der Waals surface area contributed by atoms with Gasteiger partial charge >= 0.3 is 15.6 Å². The molecule has 0 saturated heterocycles. The molecule has 0 heterocycles. The summed E-state index contributed by atoms with van der Waals surface area (Å²) in [5.41, 5.74) is -5.57. The van der Waals surface area contributed by atoms with Gasteiger partial charge in [0.25, 0.3) is 0 Å². The van der Waals surface area contributed by atoms with E-state index in [4.69, 9.17) is 0 Å². The number of carbonyl (C=O) groups excluding carboxylic acids is 1. The standard InChI is InChI=1S/C12H13F4NO4S/c1-7(18)11(17-2)5-8-3-4-9(6-10(8)13)21-22(19,20)12(14,15)16/h3-4,6,11,17H,5H2,1-2H3. The molecule has 124 valence electrons. The fraction of sp³-hybridized carbons (Fsp3) is 0.417. The SMILES string of the molecule is CNC(Cc1ccc(OS(=O)(=O)C(F)(F)F)cc1F)C(C)=O.